The topological polar surface area (TPSA) is 270 Å². The Morgan fingerprint density at radius 2 is 0.493 bits per heavy atom. The Bertz CT molecular complexity index is 6250. The van der Waals surface area contributed by atoms with Crippen LogP contribution in [0.1, 0.15) is 118 Å². The predicted octanol–water partition coefficient (Wildman–Crippen LogP) is 24.3. The average molecular weight is 1860 g/mol. The van der Waals surface area contributed by atoms with Gasteiger partial charge in [0.05, 0.1) is 110 Å². The van der Waals surface area contributed by atoms with Crippen molar-refractivity contribution >= 4 is 0 Å². The van der Waals surface area contributed by atoms with Crippen LogP contribution in [-0.2, 0) is 52.6 Å². The molecule has 0 spiro atoms. The van der Waals surface area contributed by atoms with Gasteiger partial charge in [0, 0.05) is 81.3 Å². The molecule has 0 atom stereocenters. The SMILES string of the molecule is C#Cc1ccc(-c2cn(Cc3cc(OC)cc(OC)c3)nn2)cc1.C#Cc1ccc(-c2cn(Cc3cc(OCc4cc(C)cc(OC)c4)cc(OCc4cc(C)cc(OC)c4)c3)nn2)cc1.C#Cc1ccc(C#C)cc1.C#Cc1ccc(C#C)cc1.CF.CF.COc1cc(C)cc(COc2cc(CN=[N+]=[N-])cc(OCc3cc(C)cc(OC)c3)c2)c1.COc1cc(CN=[N+]=[N-])cc(OC)c1.[2H]C.[2H]C. The van der Waals surface area contributed by atoms with Crippen LogP contribution in [0, 0.1) is 102 Å². The van der Waals surface area contributed by atoms with Gasteiger partial charge in [-0.15, -0.1) is 48.7 Å². The number of rotatable bonds is 30. The molecule has 14 rings (SSSR count). The lowest BCUT2D eigenvalue weighted by Gasteiger charge is -2.14. The number of methoxy groups -OCH3 is 8. The molecule has 0 amide bonds. The van der Waals surface area contributed by atoms with Crippen LogP contribution < -0.4 is 56.8 Å². The number of halogens is 2. The Labute approximate surface area is 812 Å². The summed E-state index contributed by atoms with van der Waals surface area (Å²) in [6.07, 6.45) is 35.2. The fourth-order valence-corrected chi connectivity index (χ4v) is 12.9. The molecule has 0 aliphatic heterocycles. The number of terminal acetylenes is 6. The lowest BCUT2D eigenvalue weighted by atomic mass is 10.1. The van der Waals surface area contributed by atoms with Crippen molar-refractivity contribution in [1.82, 2.24) is 30.0 Å². The largest absolute Gasteiger partial charge is 0.497 e. The Hall–Kier alpha value is -17.6. The third-order valence-corrected chi connectivity index (χ3v) is 19.2. The summed E-state index contributed by atoms with van der Waals surface area (Å²) < 4.78 is 101. The zero-order valence-electron chi connectivity index (χ0n) is 82.4. The second-order valence-corrected chi connectivity index (χ2v) is 29.2. The Balaban J connectivity index is 0.000000313. The van der Waals surface area contributed by atoms with Gasteiger partial charge >= 0.3 is 0 Å². The molecule has 0 bridgehead atoms. The van der Waals surface area contributed by atoms with Crippen molar-refractivity contribution < 1.29 is 68.4 Å². The highest BCUT2D eigenvalue weighted by Gasteiger charge is 2.15. The minimum absolute atomic E-state index is 0.209. The summed E-state index contributed by atoms with van der Waals surface area (Å²) in [5.41, 5.74) is 37.5. The van der Waals surface area contributed by atoms with E-state index in [0.29, 0.717) is 94.9 Å². The highest BCUT2D eigenvalue weighted by Crippen LogP contribution is 2.32. The first-order valence-electron chi connectivity index (χ1n) is 43.7. The van der Waals surface area contributed by atoms with Crippen LogP contribution in [0.2, 0.25) is 0 Å². The van der Waals surface area contributed by atoms with Gasteiger partial charge in [0.25, 0.3) is 0 Å². The van der Waals surface area contributed by atoms with Crippen molar-refractivity contribution in [3.8, 4) is 166 Å². The number of aromatic nitrogens is 6. The molecule has 2 heterocycles. The molecule has 708 valence electrons. The quantitative estimate of drug-likeness (QED) is 0.0175. The molecule has 0 unspecified atom stereocenters. The molecular weight excluding hydrogens is 1740 g/mol. The standard InChI is InChI=1S/C35H33N3O4.C25H27N3O4.C19H17N3O2.2C10H6.C9H11N3O2.2CH3F.2CH4/c1-6-26-7-9-30(10-8-26)35-21-38(37-36-35)20-27-15-33(41-22-28-11-24(2)13-31(17-28)39-4)19-34(16-27)42-23-29-12-25(3)14-32(18-29)40-5;1-17-5-20(11-22(7-17)29-3)15-31-24-9-19(14-27-28-26)10-25(13-24)32-16-21-6-18(2)8-23(12-21)30-4;1-4-14-5-7-16(8-6-14)19-13-22(21-20-19)12-15-9-17(23-2)11-18(10-15)24-3;2*1-3-9-5-7-10(4-2)8-6-9;1-13-8-3-7(6-11-12-10)4-9(5-8)14-2;2*1-2;;/h1,7-19,21H,20,22-23H2,2-5H3;5-13H,14-16H2,1-4H3;1,5-11,13H,12H2,2-3H3;2*1-2,5-8H;3-5H,6H2,1-2H3;2*1H3;2*1H4/i;;;;;;;;2*1D. The first-order chi connectivity index (χ1) is 68.1. The summed E-state index contributed by atoms with van der Waals surface area (Å²) in [6, 6.07) is 76.6. The first-order valence-corrected chi connectivity index (χ1v) is 41.7. The van der Waals surface area contributed by atoms with Crippen molar-refractivity contribution in [3.63, 3.8) is 0 Å². The van der Waals surface area contributed by atoms with Crippen LogP contribution in [-0.4, -0.2) is 101 Å². The number of benzene rings is 12. The molecule has 0 fully saturated rings. The van der Waals surface area contributed by atoms with E-state index in [0.717, 1.165) is 157 Å². The van der Waals surface area contributed by atoms with E-state index < -0.39 is 0 Å². The molecule has 138 heavy (non-hydrogen) atoms. The number of azide groups is 2. The number of nitrogens with zero attached hydrogens (tertiary/aromatic N) is 12. The van der Waals surface area contributed by atoms with Gasteiger partial charge in [-0.1, -0.05) is 120 Å². The van der Waals surface area contributed by atoms with Crippen LogP contribution in [0.15, 0.2) is 265 Å². The zero-order chi connectivity index (χ0) is 103. The molecule has 14 aromatic rings. The molecule has 0 radical (unpaired) electrons. The maximum Gasteiger partial charge on any atom is 0.123 e. The maximum absolute atomic E-state index is 9.50. The molecule has 0 saturated carbocycles. The predicted molar refractivity (Wildman–Crippen MR) is 543 cm³/mol. The molecule has 2 aromatic heterocycles. The van der Waals surface area contributed by atoms with E-state index in [4.69, 9.17) is 109 Å². The molecule has 0 N–H and O–H groups in total. The summed E-state index contributed by atoms with van der Waals surface area (Å²) in [5.74, 6) is 24.0. The molecule has 26 heteroatoms. The number of hydrogen-bond acceptors (Lipinski definition) is 18. The van der Waals surface area contributed by atoms with Crippen LogP contribution in [0.25, 0.3) is 43.4 Å². The first kappa shape index (κ1) is 107. The van der Waals surface area contributed by atoms with Gasteiger partial charge in [0.2, 0.25) is 0 Å². The smallest absolute Gasteiger partial charge is 0.123 e. The van der Waals surface area contributed by atoms with Gasteiger partial charge in [-0.3, -0.25) is 8.78 Å². The highest BCUT2D eigenvalue weighted by molar-refractivity contribution is 5.61. The van der Waals surface area contributed by atoms with Gasteiger partial charge in [-0.2, -0.15) is 0 Å². The molecule has 0 saturated heterocycles. The summed E-state index contributed by atoms with van der Waals surface area (Å²) in [5, 5.41) is 24.2. The number of alkyl halides is 2. The van der Waals surface area contributed by atoms with E-state index >= 15 is 0 Å². The van der Waals surface area contributed by atoms with E-state index in [-0.39, 0.29) is 6.54 Å². The summed E-state index contributed by atoms with van der Waals surface area (Å²) in [7, 11) is 16.5. The second-order valence-electron chi connectivity index (χ2n) is 29.2. The maximum atomic E-state index is 9.50. The van der Waals surface area contributed by atoms with Gasteiger partial charge in [0.15, 0.2) is 0 Å². The van der Waals surface area contributed by atoms with Gasteiger partial charge in [0.1, 0.15) is 107 Å². The normalized spacial score (nSPS) is 9.62. The van der Waals surface area contributed by atoms with E-state index in [1.54, 1.807) is 84.4 Å². The summed E-state index contributed by atoms with van der Waals surface area (Å²) in [4.78, 5) is 5.54. The van der Waals surface area contributed by atoms with Crippen LogP contribution >= 0.6 is 0 Å². The lowest BCUT2D eigenvalue weighted by Crippen LogP contribution is -2.04. The van der Waals surface area contributed by atoms with Crippen molar-refractivity contribution in [2.24, 2.45) is 10.2 Å². The number of ether oxygens (including phenoxy) is 12. The van der Waals surface area contributed by atoms with E-state index in [9.17, 15) is 8.78 Å². The Morgan fingerprint density at radius 1 is 0.297 bits per heavy atom. The van der Waals surface area contributed by atoms with E-state index in [2.05, 4.69) is 100 Å². The van der Waals surface area contributed by atoms with Gasteiger partial charge < -0.3 is 56.8 Å². The second kappa shape index (κ2) is 60.4. The van der Waals surface area contributed by atoms with E-state index in [1.165, 1.54) is 14.8 Å². The zero-order valence-corrected chi connectivity index (χ0v) is 80.4. The van der Waals surface area contributed by atoms with Gasteiger partial charge in [-0.25, -0.2) is 9.36 Å². The highest BCUT2D eigenvalue weighted by atomic mass is 19.1. The Morgan fingerprint density at radius 3 is 0.717 bits per heavy atom. The molecular formula is C112H114F2N12O12. The lowest BCUT2D eigenvalue weighted by molar-refractivity contribution is 0.288. The fraction of sp³-hybridized carbons (Fsp3) is 0.214. The van der Waals surface area contributed by atoms with Crippen molar-refractivity contribution in [1.29, 1.82) is 0 Å². The van der Waals surface area contributed by atoms with E-state index in [1.807, 2.05) is 240 Å². The average Bonchev–Trinajstić information content (AvgIpc) is 1.61. The molecule has 0 aliphatic carbocycles. The van der Waals surface area contributed by atoms with Crippen LogP contribution in [0.5, 0.6) is 69.0 Å². The van der Waals surface area contributed by atoms with Crippen molar-refractivity contribution in [2.45, 2.75) is 95.1 Å². The molecule has 24 nitrogen and oxygen atoms in total. The van der Waals surface area contributed by atoms with Crippen LogP contribution in [0.3, 0.4) is 0 Å². The monoisotopic (exact) mass is 1860 g/mol. The van der Waals surface area contributed by atoms with Crippen molar-refractivity contribution in [3.05, 3.63) is 376 Å². The third kappa shape index (κ3) is 37.6. The minimum atomic E-state index is 0.209. The van der Waals surface area contributed by atoms with Gasteiger partial charge in [-0.05, 0) is 275 Å². The summed E-state index contributed by atoms with van der Waals surface area (Å²) >= 11 is 0. The van der Waals surface area contributed by atoms with Crippen molar-refractivity contribution in [2.75, 3.05) is 71.2 Å². The molecule has 12 aromatic carbocycles. The van der Waals surface area contributed by atoms with Crippen LogP contribution in [0.4, 0.5) is 8.78 Å². The summed E-state index contributed by atoms with van der Waals surface area (Å²) in [6.45, 7) is 11.2. The Kier molecular flexibility index (Phi) is 47.0. The number of hydrogen-bond donors (Lipinski definition) is 0. The molecule has 0 aliphatic rings. The minimum Gasteiger partial charge on any atom is -0.497 e. The number of aryl methyl sites for hydroxylation is 4. The third-order valence-electron chi connectivity index (χ3n) is 19.2. The fourth-order valence-electron chi connectivity index (χ4n) is 12.9.